The minimum Gasteiger partial charge on any atom is -0.482 e. The number of carbonyl (C=O) groups is 1. The first kappa shape index (κ1) is 21.3. The molecule has 0 spiro atoms. The van der Waals surface area contributed by atoms with Crippen molar-refractivity contribution in [2.45, 2.75) is 32.9 Å². The smallest absolute Gasteiger partial charge is 0.260 e. The number of anilines is 1. The molecule has 0 aromatic heterocycles. The highest BCUT2D eigenvalue weighted by Gasteiger charge is 2.38. The zero-order valence-electron chi connectivity index (χ0n) is 18.0. The highest BCUT2D eigenvalue weighted by Crippen LogP contribution is 2.44. The number of hydrogen-bond acceptors (Lipinski definition) is 4. The van der Waals surface area contributed by atoms with Gasteiger partial charge < -0.3 is 15.2 Å². The highest BCUT2D eigenvalue weighted by atomic mass is 19.1. The Morgan fingerprint density at radius 1 is 1.16 bits per heavy atom. The Bertz CT molecular complexity index is 1070. The second-order valence-electron chi connectivity index (χ2n) is 8.34. The summed E-state index contributed by atoms with van der Waals surface area (Å²) in [6.07, 6.45) is 1.91. The van der Waals surface area contributed by atoms with Crippen molar-refractivity contribution in [3.8, 4) is 0 Å². The fourth-order valence-corrected chi connectivity index (χ4v) is 4.15. The maximum Gasteiger partial charge on any atom is 0.260 e. The van der Waals surface area contributed by atoms with Gasteiger partial charge in [0.25, 0.3) is 5.91 Å². The molecule has 0 aliphatic carbocycles. The van der Waals surface area contributed by atoms with Gasteiger partial charge in [0.1, 0.15) is 17.2 Å². The maximum atomic E-state index is 13.6. The lowest BCUT2D eigenvalue weighted by atomic mass is 9.91. The van der Waals surface area contributed by atoms with Crippen molar-refractivity contribution in [3.05, 3.63) is 76.8 Å². The molecule has 162 valence electrons. The molecule has 4 rings (SSSR count). The molecule has 6 heteroatoms. The van der Waals surface area contributed by atoms with Gasteiger partial charge in [-0.2, -0.15) is 0 Å². The van der Waals surface area contributed by atoms with Gasteiger partial charge in [0.05, 0.1) is 17.9 Å². The molecule has 0 atom stereocenters. The second-order valence-corrected chi connectivity index (χ2v) is 8.34. The molecule has 0 saturated carbocycles. The van der Waals surface area contributed by atoms with E-state index in [4.69, 9.17) is 4.74 Å². The van der Waals surface area contributed by atoms with Gasteiger partial charge >= 0.3 is 0 Å². The number of aliphatic hydroxyl groups is 1. The van der Waals surface area contributed by atoms with Crippen molar-refractivity contribution >= 4 is 22.7 Å². The predicted octanol–water partition coefficient (Wildman–Crippen LogP) is 4.20. The molecule has 31 heavy (non-hydrogen) atoms. The first-order valence-electron chi connectivity index (χ1n) is 10.5. The normalized spacial score (nSPS) is 19.3. The predicted molar refractivity (Wildman–Crippen MR) is 120 cm³/mol. The third-order valence-electron chi connectivity index (χ3n) is 5.80. The fraction of sp³-hybridized carbons (Fsp3) is 0.320. The molecule has 2 N–H and O–H groups in total. The lowest BCUT2D eigenvalue weighted by Crippen LogP contribution is -2.26. The molecular weight excluding hydrogens is 395 g/mol. The number of carbonyl (C=O) groups excluding carboxylic acids is 1. The van der Waals surface area contributed by atoms with Crippen LogP contribution in [0.25, 0.3) is 11.1 Å². The number of nitrogens with zero attached hydrogens (tertiary/aromatic N) is 1. The van der Waals surface area contributed by atoms with E-state index in [0.29, 0.717) is 29.1 Å². The van der Waals surface area contributed by atoms with E-state index in [0.717, 1.165) is 24.2 Å². The summed E-state index contributed by atoms with van der Waals surface area (Å²) in [6.45, 7) is 8.46. The largest absolute Gasteiger partial charge is 0.482 e. The van der Waals surface area contributed by atoms with E-state index >= 15 is 0 Å². The summed E-state index contributed by atoms with van der Waals surface area (Å²) in [4.78, 5) is 14.8. The standard InChI is InChI=1S/C25H27FN2O3/c1-4-28(11-12-29)15-16-5-7-17(8-6-16)20-14-22(31-25(20,2)3)23-19-10-9-18(26)13-21(19)27-24(23)30/h5-10,13-14,29H,4,11-12,15H2,1-3H3,(H,27,30). The highest BCUT2D eigenvalue weighted by molar-refractivity contribution is 6.32. The molecule has 0 unspecified atom stereocenters. The van der Waals surface area contributed by atoms with Crippen LogP contribution in [0.5, 0.6) is 0 Å². The summed E-state index contributed by atoms with van der Waals surface area (Å²) in [5.41, 5.74) is 4.09. The van der Waals surface area contributed by atoms with Gasteiger partial charge in [-0.25, -0.2) is 4.39 Å². The number of halogens is 1. The average molecular weight is 423 g/mol. The van der Waals surface area contributed by atoms with E-state index in [2.05, 4.69) is 41.4 Å². The number of aliphatic hydroxyl groups excluding tert-OH is 1. The van der Waals surface area contributed by atoms with Crippen molar-refractivity contribution in [3.63, 3.8) is 0 Å². The molecule has 5 nitrogen and oxygen atoms in total. The Labute approximate surface area is 181 Å². The van der Waals surface area contributed by atoms with E-state index in [1.807, 2.05) is 19.9 Å². The third-order valence-corrected chi connectivity index (χ3v) is 5.80. The van der Waals surface area contributed by atoms with E-state index < -0.39 is 11.4 Å². The van der Waals surface area contributed by atoms with Gasteiger partial charge in [-0.05, 0) is 55.8 Å². The molecule has 2 aromatic carbocycles. The molecule has 0 radical (unpaired) electrons. The van der Waals surface area contributed by atoms with Crippen molar-refractivity contribution in [2.24, 2.45) is 0 Å². The number of fused-ring (bicyclic) bond motifs is 1. The summed E-state index contributed by atoms with van der Waals surface area (Å²) in [5, 5.41) is 11.9. The number of nitrogens with one attached hydrogen (secondary N) is 1. The van der Waals surface area contributed by atoms with Crippen LogP contribution < -0.4 is 5.32 Å². The van der Waals surface area contributed by atoms with E-state index in [9.17, 15) is 14.3 Å². The zero-order valence-corrected chi connectivity index (χ0v) is 18.0. The Morgan fingerprint density at radius 2 is 1.90 bits per heavy atom. The topological polar surface area (TPSA) is 61.8 Å². The lowest BCUT2D eigenvalue weighted by Gasteiger charge is -2.24. The molecule has 2 heterocycles. The summed E-state index contributed by atoms with van der Waals surface area (Å²) in [5.74, 6) is -0.190. The number of allylic oxidation sites excluding steroid dienone is 1. The zero-order chi connectivity index (χ0) is 22.2. The average Bonchev–Trinajstić information content (AvgIpc) is 3.22. The molecule has 2 aromatic rings. The minimum atomic E-state index is -0.612. The molecule has 1 amide bonds. The fourth-order valence-electron chi connectivity index (χ4n) is 4.15. The van der Waals surface area contributed by atoms with Crippen molar-refractivity contribution in [1.82, 2.24) is 4.90 Å². The van der Waals surface area contributed by atoms with Crippen LogP contribution in [-0.4, -0.2) is 41.2 Å². The van der Waals surface area contributed by atoms with Crippen LogP contribution in [0.1, 0.15) is 37.5 Å². The van der Waals surface area contributed by atoms with Gasteiger partial charge in [0.15, 0.2) is 0 Å². The minimum absolute atomic E-state index is 0.144. The summed E-state index contributed by atoms with van der Waals surface area (Å²) >= 11 is 0. The Balaban J connectivity index is 1.66. The molecule has 2 aliphatic heterocycles. The molecular formula is C25H27FN2O3. The van der Waals surface area contributed by atoms with Crippen molar-refractivity contribution in [2.75, 3.05) is 25.0 Å². The number of ether oxygens (including phenoxy) is 1. The summed E-state index contributed by atoms with van der Waals surface area (Å²) in [6, 6.07) is 12.6. The van der Waals surface area contributed by atoms with Gasteiger partial charge in [0, 0.05) is 24.2 Å². The van der Waals surface area contributed by atoms with Crippen LogP contribution in [0.3, 0.4) is 0 Å². The number of hydrogen-bond donors (Lipinski definition) is 2. The monoisotopic (exact) mass is 422 g/mol. The SMILES string of the molecule is CCN(CCO)Cc1ccc(C2=CC(=C3C(=O)Nc4cc(F)ccc43)OC2(C)C)cc1. The number of rotatable bonds is 6. The third kappa shape index (κ3) is 4.13. The van der Waals surface area contributed by atoms with Crippen molar-refractivity contribution < 1.29 is 19.0 Å². The van der Waals surface area contributed by atoms with E-state index in [1.54, 1.807) is 6.07 Å². The summed E-state index contributed by atoms with van der Waals surface area (Å²) in [7, 11) is 0. The van der Waals surface area contributed by atoms with Crippen molar-refractivity contribution in [1.29, 1.82) is 0 Å². The van der Waals surface area contributed by atoms with Crippen LogP contribution >= 0.6 is 0 Å². The summed E-state index contributed by atoms with van der Waals surface area (Å²) < 4.78 is 19.7. The second kappa shape index (κ2) is 8.29. The van der Waals surface area contributed by atoms with Crippen LogP contribution in [0, 0.1) is 5.82 Å². The number of amides is 1. The van der Waals surface area contributed by atoms with Gasteiger partial charge in [-0.15, -0.1) is 0 Å². The first-order valence-corrected chi connectivity index (χ1v) is 10.5. The molecule has 2 aliphatic rings. The quantitative estimate of drug-likeness (QED) is 0.685. The first-order chi connectivity index (χ1) is 14.8. The van der Waals surface area contributed by atoms with Gasteiger partial charge in [-0.1, -0.05) is 31.2 Å². The lowest BCUT2D eigenvalue weighted by molar-refractivity contribution is -0.111. The Kier molecular flexibility index (Phi) is 5.69. The van der Waals surface area contributed by atoms with Gasteiger partial charge in [0.2, 0.25) is 0 Å². The molecule has 0 bridgehead atoms. The van der Waals surface area contributed by atoms with E-state index in [1.165, 1.54) is 17.7 Å². The van der Waals surface area contributed by atoms with Gasteiger partial charge in [-0.3, -0.25) is 9.69 Å². The Morgan fingerprint density at radius 3 is 2.58 bits per heavy atom. The van der Waals surface area contributed by atoms with Crippen LogP contribution in [0.15, 0.2) is 54.3 Å². The molecule has 0 saturated heterocycles. The molecule has 0 fully saturated rings. The van der Waals surface area contributed by atoms with E-state index in [-0.39, 0.29) is 12.5 Å². The Hall–Kier alpha value is -2.96. The maximum absolute atomic E-state index is 13.6. The number of benzene rings is 2. The van der Waals surface area contributed by atoms with Crippen LogP contribution in [-0.2, 0) is 16.1 Å². The van der Waals surface area contributed by atoms with Crippen LogP contribution in [0.2, 0.25) is 0 Å². The number of likely N-dealkylation sites (N-methyl/N-ethyl adjacent to an activating group) is 1. The van der Waals surface area contributed by atoms with Crippen LogP contribution in [0.4, 0.5) is 10.1 Å².